The van der Waals surface area contributed by atoms with E-state index in [1.54, 1.807) is 0 Å². The Morgan fingerprint density at radius 3 is 0.745 bits per heavy atom. The van der Waals surface area contributed by atoms with Crippen LogP contribution < -0.4 is 0 Å². The van der Waals surface area contributed by atoms with Gasteiger partial charge in [-0.15, -0.1) is 0 Å². The monoisotopic (exact) mass is 1490 g/mol. The lowest BCUT2D eigenvalue weighted by Gasteiger charge is -2.21. The third kappa shape index (κ3) is 74.9. The maximum absolute atomic E-state index is 13.1. The number of aliphatic hydroxyl groups excluding tert-OH is 1. The molecule has 0 bridgehead atoms. The van der Waals surface area contributed by atoms with Crippen molar-refractivity contribution in [3.8, 4) is 0 Å². The predicted molar refractivity (Wildman–Crippen MR) is 418 cm³/mol. The van der Waals surface area contributed by atoms with Crippen LogP contribution in [0.4, 0.5) is 0 Å². The maximum Gasteiger partial charge on any atom is 0.472 e. The second-order valence-corrected chi connectivity index (χ2v) is 34.0. The average Bonchev–Trinajstić information content (AvgIpc) is 0.918. The van der Waals surface area contributed by atoms with Crippen molar-refractivity contribution in [1.82, 2.24) is 0 Å². The Morgan fingerprint density at radius 1 is 0.284 bits per heavy atom. The van der Waals surface area contributed by atoms with E-state index in [1.807, 2.05) is 0 Å². The maximum atomic E-state index is 13.1. The first kappa shape index (κ1) is 100. The first-order valence-electron chi connectivity index (χ1n) is 42.9. The highest BCUT2D eigenvalue weighted by molar-refractivity contribution is 7.47. The van der Waals surface area contributed by atoms with Gasteiger partial charge in [0.15, 0.2) is 12.2 Å². The van der Waals surface area contributed by atoms with Crippen molar-refractivity contribution in [2.45, 2.75) is 452 Å². The van der Waals surface area contributed by atoms with E-state index in [0.29, 0.717) is 25.7 Å². The van der Waals surface area contributed by atoms with Crippen molar-refractivity contribution in [1.29, 1.82) is 0 Å². The van der Waals surface area contributed by atoms with Gasteiger partial charge in [-0.05, 0) is 43.4 Å². The Morgan fingerprint density at radius 2 is 0.500 bits per heavy atom. The molecule has 0 amide bonds. The zero-order valence-corrected chi connectivity index (χ0v) is 68.9. The van der Waals surface area contributed by atoms with Gasteiger partial charge < -0.3 is 33.8 Å². The van der Waals surface area contributed by atoms with E-state index in [0.717, 1.165) is 108 Å². The van der Waals surface area contributed by atoms with Crippen LogP contribution in [-0.4, -0.2) is 96.7 Å². The summed E-state index contributed by atoms with van der Waals surface area (Å²) < 4.78 is 68.8. The SMILES string of the molecule is CCCCCCCCCCCCCCCCCCCC(=O)OC[C@H](COP(=O)(O)OC[C@@H](O)COP(=O)(O)OC[C@@H](COC(=O)CCCCCCCCCCC(C)CC)OC(=O)CCCCCCCCCCCCCC(C)C)OC(=O)CCCCCCCCCCCCCCCCCCC(C)C. The molecule has 0 saturated carbocycles. The number of carbonyl (C=O) groups excluding carboxylic acids is 4. The van der Waals surface area contributed by atoms with Crippen LogP contribution in [0, 0.1) is 17.8 Å². The zero-order chi connectivity index (χ0) is 75.1. The molecule has 0 saturated heterocycles. The van der Waals surface area contributed by atoms with Crippen LogP contribution in [-0.2, 0) is 65.4 Å². The van der Waals surface area contributed by atoms with Gasteiger partial charge in [0, 0.05) is 25.7 Å². The number of aliphatic hydroxyl groups is 1. The van der Waals surface area contributed by atoms with Crippen LogP contribution in [0.3, 0.4) is 0 Å². The van der Waals surface area contributed by atoms with Crippen molar-refractivity contribution in [3.05, 3.63) is 0 Å². The van der Waals surface area contributed by atoms with Gasteiger partial charge in [-0.25, -0.2) is 9.13 Å². The molecule has 0 aromatic heterocycles. The van der Waals surface area contributed by atoms with Crippen LogP contribution in [0.1, 0.15) is 434 Å². The van der Waals surface area contributed by atoms with Crippen molar-refractivity contribution in [2.75, 3.05) is 39.6 Å². The molecule has 0 rings (SSSR count). The molecule has 0 fully saturated rings. The van der Waals surface area contributed by atoms with E-state index < -0.39 is 97.5 Å². The molecule has 0 spiro atoms. The molecular weight excluding hydrogens is 1330 g/mol. The van der Waals surface area contributed by atoms with E-state index in [9.17, 15) is 43.2 Å². The molecule has 0 aliphatic carbocycles. The predicted octanol–water partition coefficient (Wildman–Crippen LogP) is 24.9. The summed E-state index contributed by atoms with van der Waals surface area (Å²) >= 11 is 0. The molecule has 0 aromatic carbocycles. The summed E-state index contributed by atoms with van der Waals surface area (Å²) in [4.78, 5) is 73.1. The van der Waals surface area contributed by atoms with Gasteiger partial charge in [-0.3, -0.25) is 37.3 Å². The van der Waals surface area contributed by atoms with Crippen LogP contribution in [0.5, 0.6) is 0 Å². The second-order valence-electron chi connectivity index (χ2n) is 31.1. The van der Waals surface area contributed by atoms with Gasteiger partial charge >= 0.3 is 39.5 Å². The lowest BCUT2D eigenvalue weighted by Crippen LogP contribution is -2.30. The van der Waals surface area contributed by atoms with Crippen LogP contribution in [0.25, 0.3) is 0 Å². The third-order valence-corrected chi connectivity index (χ3v) is 21.6. The number of ether oxygens (including phenoxy) is 4. The molecule has 0 heterocycles. The smallest absolute Gasteiger partial charge is 0.462 e. The molecule has 102 heavy (non-hydrogen) atoms. The number of hydrogen-bond acceptors (Lipinski definition) is 15. The molecule has 3 N–H and O–H groups in total. The number of phosphoric ester groups is 2. The lowest BCUT2D eigenvalue weighted by molar-refractivity contribution is -0.161. The Labute approximate surface area is 626 Å². The fraction of sp³-hybridized carbons (Fsp3) is 0.952. The number of carbonyl (C=O) groups is 4. The van der Waals surface area contributed by atoms with Crippen molar-refractivity contribution < 1.29 is 80.2 Å². The first-order valence-corrected chi connectivity index (χ1v) is 45.9. The van der Waals surface area contributed by atoms with E-state index in [-0.39, 0.29) is 25.7 Å². The number of rotatable bonds is 81. The normalized spacial score (nSPS) is 14.2. The van der Waals surface area contributed by atoms with Crippen LogP contribution >= 0.6 is 15.6 Å². The number of hydrogen-bond donors (Lipinski definition) is 3. The Kier molecular flexibility index (Phi) is 71.8. The van der Waals surface area contributed by atoms with Crippen molar-refractivity contribution in [2.24, 2.45) is 17.8 Å². The van der Waals surface area contributed by atoms with E-state index in [4.69, 9.17) is 37.0 Å². The number of esters is 4. The summed E-state index contributed by atoms with van der Waals surface area (Å²) in [7, 11) is -9.93. The molecule has 17 nitrogen and oxygen atoms in total. The molecule has 0 aromatic rings. The minimum Gasteiger partial charge on any atom is -0.462 e. The second kappa shape index (κ2) is 73.2. The molecule has 0 aliphatic heterocycles. The highest BCUT2D eigenvalue weighted by atomic mass is 31.2. The van der Waals surface area contributed by atoms with Gasteiger partial charge in [0.25, 0.3) is 0 Å². The highest BCUT2D eigenvalue weighted by Crippen LogP contribution is 2.45. The molecule has 0 aliphatic rings. The summed E-state index contributed by atoms with van der Waals surface area (Å²) in [5.74, 6) is 0.244. The standard InChI is InChI=1S/C83H162O17P2/c1-8-10-11-12-13-14-15-16-17-18-22-25-30-35-43-50-57-64-80(85)93-70-78(99-82(87)66-59-52-45-36-31-26-23-20-19-21-24-28-33-40-47-54-61-74(3)4)72-97-101(89,90)95-68-77(84)69-96-102(91,92)98-73-79(71-94-81(86)65-58-51-44-39-38-42-49-56-63-76(7)9-2)100-83(88)67-60-53-46-37-32-27-29-34-41-48-55-62-75(5)6/h74-79,84H,8-73H2,1-7H3,(H,89,90)(H,91,92)/t76?,77-,78-,79-/m1/s1. The summed E-state index contributed by atoms with van der Waals surface area (Å²) in [6.45, 7) is 12.0. The van der Waals surface area contributed by atoms with Crippen LogP contribution in [0.2, 0.25) is 0 Å². The molecule has 0 radical (unpaired) electrons. The average molecular weight is 1490 g/mol. The van der Waals surface area contributed by atoms with Gasteiger partial charge in [-0.2, -0.15) is 0 Å². The number of unbranched alkanes of at least 4 members (excludes halogenated alkanes) is 48. The Hall–Kier alpha value is -1.94. The molecule has 6 atom stereocenters. The van der Waals surface area contributed by atoms with E-state index >= 15 is 0 Å². The molecule has 19 heteroatoms. The first-order chi connectivity index (χ1) is 49.3. The molecule has 606 valence electrons. The molecule has 3 unspecified atom stereocenters. The van der Waals surface area contributed by atoms with Gasteiger partial charge in [-0.1, -0.05) is 382 Å². The van der Waals surface area contributed by atoms with Crippen LogP contribution in [0.15, 0.2) is 0 Å². The third-order valence-electron chi connectivity index (χ3n) is 19.7. The van der Waals surface area contributed by atoms with Gasteiger partial charge in [0.2, 0.25) is 0 Å². The largest absolute Gasteiger partial charge is 0.472 e. The quantitative estimate of drug-likeness (QED) is 0.0222. The van der Waals surface area contributed by atoms with Crippen molar-refractivity contribution >= 4 is 39.5 Å². The lowest BCUT2D eigenvalue weighted by atomic mass is 9.99. The van der Waals surface area contributed by atoms with Gasteiger partial charge in [0.1, 0.15) is 19.3 Å². The topological polar surface area (TPSA) is 237 Å². The van der Waals surface area contributed by atoms with Gasteiger partial charge in [0.05, 0.1) is 26.4 Å². The zero-order valence-electron chi connectivity index (χ0n) is 67.1. The minimum absolute atomic E-state index is 0.106. The fourth-order valence-electron chi connectivity index (χ4n) is 12.8. The van der Waals surface area contributed by atoms with Crippen molar-refractivity contribution in [3.63, 3.8) is 0 Å². The minimum atomic E-state index is -4.96. The van der Waals surface area contributed by atoms with E-state index in [1.165, 1.54) is 244 Å². The fourth-order valence-corrected chi connectivity index (χ4v) is 14.4. The Bertz CT molecular complexity index is 1980. The Balaban J connectivity index is 5.26. The highest BCUT2D eigenvalue weighted by Gasteiger charge is 2.30. The number of phosphoric acid groups is 2. The van der Waals surface area contributed by atoms with E-state index in [2.05, 4.69) is 48.5 Å². The summed E-state index contributed by atoms with van der Waals surface area (Å²) in [6.07, 6.45) is 62.3. The summed E-state index contributed by atoms with van der Waals surface area (Å²) in [5.41, 5.74) is 0. The molecular formula is C83H162O17P2. The summed E-state index contributed by atoms with van der Waals surface area (Å²) in [6, 6.07) is 0. The summed E-state index contributed by atoms with van der Waals surface area (Å²) in [5, 5.41) is 10.7.